The maximum atomic E-state index is 13.0. The van der Waals surface area contributed by atoms with Gasteiger partial charge >= 0.3 is 0 Å². The number of fused-ring (bicyclic) bond motifs is 1. The molecule has 35 heavy (non-hydrogen) atoms. The number of hydrogen-bond acceptors (Lipinski definition) is 4. The molecule has 0 spiro atoms. The number of aromatic nitrogens is 2. The van der Waals surface area contributed by atoms with Crippen LogP contribution in [0.25, 0.3) is 27.7 Å². The Balaban J connectivity index is 1.52. The van der Waals surface area contributed by atoms with E-state index < -0.39 is 5.91 Å². The summed E-state index contributed by atoms with van der Waals surface area (Å²) >= 11 is 0. The van der Waals surface area contributed by atoms with E-state index >= 15 is 0 Å². The number of nitrogens with one attached hydrogen (secondary N) is 1. The second-order valence-corrected chi connectivity index (χ2v) is 8.16. The molecule has 0 aliphatic rings. The average Bonchev–Trinajstić information content (AvgIpc) is 3.34. The number of amides is 1. The lowest BCUT2D eigenvalue weighted by Crippen LogP contribution is -2.18. The standard InChI is InChI=1S/C29H24N4O2/c1-20-13-15-23(16-14-20)33-28(26-12-6-9-22-8-3-4-11-25(22)26)18-27(32-33)29(34)31-30-19-21-7-5-10-24(17-21)35-2/h3-19H,1-2H3,(H,31,34)/b30-19-. The van der Waals surface area contributed by atoms with Gasteiger partial charge in [0.1, 0.15) is 5.75 Å². The smallest absolute Gasteiger partial charge is 0.291 e. The van der Waals surface area contributed by atoms with Crippen LogP contribution in [0.15, 0.2) is 102 Å². The molecule has 0 saturated carbocycles. The van der Waals surface area contributed by atoms with E-state index in [1.807, 2.05) is 84.4 Å². The third kappa shape index (κ3) is 4.68. The van der Waals surface area contributed by atoms with E-state index in [1.54, 1.807) is 19.4 Å². The minimum absolute atomic E-state index is 0.274. The van der Waals surface area contributed by atoms with Crippen molar-refractivity contribution in [3.63, 3.8) is 0 Å². The summed E-state index contributed by atoms with van der Waals surface area (Å²) < 4.78 is 7.04. The third-order valence-electron chi connectivity index (χ3n) is 5.76. The minimum atomic E-state index is -0.392. The van der Waals surface area contributed by atoms with E-state index in [4.69, 9.17) is 4.74 Å². The highest BCUT2D eigenvalue weighted by Gasteiger charge is 2.18. The average molecular weight is 461 g/mol. The van der Waals surface area contributed by atoms with E-state index in [0.717, 1.165) is 44.6 Å². The largest absolute Gasteiger partial charge is 0.497 e. The summed E-state index contributed by atoms with van der Waals surface area (Å²) in [5, 5.41) is 11.0. The quantitative estimate of drug-likeness (QED) is 0.258. The monoisotopic (exact) mass is 460 g/mol. The topological polar surface area (TPSA) is 68.5 Å². The summed E-state index contributed by atoms with van der Waals surface area (Å²) in [6.45, 7) is 2.04. The van der Waals surface area contributed by atoms with Crippen molar-refractivity contribution in [1.82, 2.24) is 15.2 Å². The molecule has 6 nitrogen and oxygen atoms in total. The van der Waals surface area contributed by atoms with Gasteiger partial charge in [-0.2, -0.15) is 10.2 Å². The van der Waals surface area contributed by atoms with Crippen molar-refractivity contribution in [2.24, 2.45) is 5.10 Å². The van der Waals surface area contributed by atoms with Crippen molar-refractivity contribution in [3.8, 4) is 22.7 Å². The van der Waals surface area contributed by atoms with Gasteiger partial charge in [-0.05, 0) is 53.6 Å². The highest BCUT2D eigenvalue weighted by Crippen LogP contribution is 2.31. The normalized spacial score (nSPS) is 11.1. The van der Waals surface area contributed by atoms with Crippen LogP contribution in [0.5, 0.6) is 5.75 Å². The van der Waals surface area contributed by atoms with Crippen LogP contribution in [0.3, 0.4) is 0 Å². The number of hydrazone groups is 1. The molecule has 0 aliphatic heterocycles. The van der Waals surface area contributed by atoms with Gasteiger partial charge in [0, 0.05) is 5.56 Å². The maximum absolute atomic E-state index is 13.0. The first kappa shape index (κ1) is 22.1. The Labute approximate surface area is 203 Å². The molecule has 1 amide bonds. The van der Waals surface area contributed by atoms with Crippen LogP contribution in [0.2, 0.25) is 0 Å². The predicted molar refractivity (Wildman–Crippen MR) is 139 cm³/mol. The molecule has 1 aromatic heterocycles. The number of nitrogens with zero attached hydrogens (tertiary/aromatic N) is 3. The van der Waals surface area contributed by atoms with Gasteiger partial charge in [-0.1, -0.05) is 72.3 Å². The fourth-order valence-corrected chi connectivity index (χ4v) is 3.96. The number of carbonyl (C=O) groups excluding carboxylic acids is 1. The Morgan fingerprint density at radius 3 is 2.54 bits per heavy atom. The fourth-order valence-electron chi connectivity index (χ4n) is 3.96. The Morgan fingerprint density at radius 1 is 0.943 bits per heavy atom. The molecular formula is C29H24N4O2. The number of hydrogen-bond donors (Lipinski definition) is 1. The molecule has 6 heteroatoms. The van der Waals surface area contributed by atoms with Crippen molar-refractivity contribution in [3.05, 3.63) is 114 Å². The molecule has 1 N–H and O–H groups in total. The molecule has 0 radical (unpaired) electrons. The first-order chi connectivity index (χ1) is 17.1. The van der Waals surface area contributed by atoms with Crippen molar-refractivity contribution in [1.29, 1.82) is 0 Å². The van der Waals surface area contributed by atoms with E-state index in [0.29, 0.717) is 0 Å². The molecule has 5 aromatic rings. The van der Waals surface area contributed by atoms with Gasteiger partial charge in [-0.15, -0.1) is 0 Å². The predicted octanol–water partition coefficient (Wildman–Crippen LogP) is 5.77. The van der Waals surface area contributed by atoms with Crippen LogP contribution < -0.4 is 10.2 Å². The van der Waals surface area contributed by atoms with Crippen LogP contribution in [-0.2, 0) is 0 Å². The molecule has 0 fully saturated rings. The summed E-state index contributed by atoms with van der Waals surface area (Å²) in [4.78, 5) is 13.0. The van der Waals surface area contributed by atoms with Gasteiger partial charge in [0.15, 0.2) is 5.69 Å². The zero-order chi connectivity index (χ0) is 24.2. The second-order valence-electron chi connectivity index (χ2n) is 8.16. The summed E-state index contributed by atoms with van der Waals surface area (Å²) in [6.07, 6.45) is 1.57. The van der Waals surface area contributed by atoms with Crippen LogP contribution >= 0.6 is 0 Å². The van der Waals surface area contributed by atoms with Crippen LogP contribution in [0.1, 0.15) is 21.6 Å². The van der Waals surface area contributed by atoms with E-state index in [-0.39, 0.29) is 5.69 Å². The molecule has 0 unspecified atom stereocenters. The summed E-state index contributed by atoms with van der Waals surface area (Å²) in [6, 6.07) is 31.6. The Morgan fingerprint density at radius 2 is 1.71 bits per heavy atom. The van der Waals surface area contributed by atoms with E-state index in [2.05, 4.69) is 33.8 Å². The highest BCUT2D eigenvalue weighted by molar-refractivity contribution is 5.99. The highest BCUT2D eigenvalue weighted by atomic mass is 16.5. The van der Waals surface area contributed by atoms with Crippen LogP contribution in [-0.4, -0.2) is 29.0 Å². The summed E-state index contributed by atoms with van der Waals surface area (Å²) in [7, 11) is 1.61. The maximum Gasteiger partial charge on any atom is 0.291 e. The lowest BCUT2D eigenvalue weighted by atomic mass is 10.0. The Kier molecular flexibility index (Phi) is 6.09. The zero-order valence-electron chi connectivity index (χ0n) is 19.5. The SMILES string of the molecule is COc1cccc(/C=N\NC(=O)c2cc(-c3cccc4ccccc34)n(-c3ccc(C)cc3)n2)c1. The number of rotatable bonds is 6. The molecular weight excluding hydrogens is 436 g/mol. The minimum Gasteiger partial charge on any atom is -0.497 e. The lowest BCUT2D eigenvalue weighted by Gasteiger charge is -2.10. The number of aryl methyl sites for hydroxylation is 1. The third-order valence-corrected chi connectivity index (χ3v) is 5.76. The molecule has 0 aliphatic carbocycles. The van der Waals surface area contributed by atoms with Gasteiger partial charge in [0.25, 0.3) is 5.91 Å². The molecule has 4 aromatic carbocycles. The van der Waals surface area contributed by atoms with E-state index in [9.17, 15) is 4.79 Å². The molecule has 0 saturated heterocycles. The molecule has 5 rings (SSSR count). The first-order valence-corrected chi connectivity index (χ1v) is 11.2. The van der Waals surface area contributed by atoms with Gasteiger partial charge in [0.2, 0.25) is 0 Å². The van der Waals surface area contributed by atoms with Crippen molar-refractivity contribution >= 4 is 22.9 Å². The number of benzene rings is 4. The Hall–Kier alpha value is -4.71. The van der Waals surface area contributed by atoms with Gasteiger partial charge in [0.05, 0.1) is 24.7 Å². The van der Waals surface area contributed by atoms with Crippen molar-refractivity contribution in [2.45, 2.75) is 6.92 Å². The van der Waals surface area contributed by atoms with Gasteiger partial charge in [-0.25, -0.2) is 10.1 Å². The van der Waals surface area contributed by atoms with Crippen LogP contribution in [0.4, 0.5) is 0 Å². The molecule has 0 atom stereocenters. The molecule has 172 valence electrons. The van der Waals surface area contributed by atoms with Gasteiger partial charge < -0.3 is 4.74 Å². The van der Waals surface area contributed by atoms with Crippen LogP contribution in [0, 0.1) is 6.92 Å². The molecule has 0 bridgehead atoms. The first-order valence-electron chi connectivity index (χ1n) is 11.2. The number of ether oxygens (including phenoxy) is 1. The fraction of sp³-hybridized carbons (Fsp3) is 0.0690. The summed E-state index contributed by atoms with van der Waals surface area (Å²) in [5.74, 6) is 0.327. The zero-order valence-corrected chi connectivity index (χ0v) is 19.5. The second kappa shape index (κ2) is 9.65. The molecule has 1 heterocycles. The Bertz CT molecular complexity index is 1530. The van der Waals surface area contributed by atoms with Crippen molar-refractivity contribution < 1.29 is 9.53 Å². The van der Waals surface area contributed by atoms with E-state index in [1.165, 1.54) is 0 Å². The number of methoxy groups -OCH3 is 1. The van der Waals surface area contributed by atoms with Gasteiger partial charge in [-0.3, -0.25) is 4.79 Å². The van der Waals surface area contributed by atoms with Crippen molar-refractivity contribution in [2.75, 3.05) is 7.11 Å². The number of carbonyl (C=O) groups is 1. The summed E-state index contributed by atoms with van der Waals surface area (Å²) in [5.41, 5.74) is 7.52. The lowest BCUT2D eigenvalue weighted by molar-refractivity contribution is 0.0949.